The largest absolute Gasteiger partial charge is 0.396 e. The molecule has 0 aliphatic rings. The highest BCUT2D eigenvalue weighted by Crippen LogP contribution is 2.13. The lowest BCUT2D eigenvalue weighted by Crippen LogP contribution is -2.40. The van der Waals surface area contributed by atoms with E-state index in [-0.39, 0.29) is 12.5 Å². The number of aliphatic imine (C=N–C) groups is 1. The van der Waals surface area contributed by atoms with Crippen LogP contribution >= 0.6 is 0 Å². The summed E-state index contributed by atoms with van der Waals surface area (Å²) in [5.74, 6) is 0.837. The normalized spacial score (nSPS) is 13.0. The Labute approximate surface area is 133 Å². The van der Waals surface area contributed by atoms with Crippen LogP contribution in [-0.2, 0) is 4.74 Å². The highest BCUT2D eigenvalue weighted by atomic mass is 16.5. The monoisotopic (exact) mass is 307 g/mol. The first-order valence-electron chi connectivity index (χ1n) is 7.99. The Balaban J connectivity index is 2.28. The van der Waals surface area contributed by atoms with Gasteiger partial charge in [0.25, 0.3) is 0 Å². The third-order valence-corrected chi connectivity index (χ3v) is 3.44. The number of ether oxygens (including phenoxy) is 1. The molecule has 1 aromatic rings. The molecule has 0 amide bonds. The van der Waals surface area contributed by atoms with Crippen molar-refractivity contribution in [3.63, 3.8) is 0 Å². The molecule has 5 heteroatoms. The van der Waals surface area contributed by atoms with Crippen molar-refractivity contribution in [1.82, 2.24) is 10.6 Å². The maximum absolute atomic E-state index is 9.55. The van der Waals surface area contributed by atoms with Crippen LogP contribution in [-0.4, -0.2) is 51.0 Å². The Morgan fingerprint density at radius 3 is 2.64 bits per heavy atom. The molecule has 0 aliphatic carbocycles. The van der Waals surface area contributed by atoms with Gasteiger partial charge in [0.05, 0.1) is 6.61 Å². The minimum Gasteiger partial charge on any atom is -0.396 e. The number of aliphatic hydroxyl groups excluding tert-OH is 1. The molecule has 0 saturated carbocycles. The molecule has 0 saturated heterocycles. The first kappa shape index (κ1) is 18.5. The second-order valence-corrected chi connectivity index (χ2v) is 5.07. The SMILES string of the molecule is CCOCCCCNC(=NC)NCC(CO)c1ccccc1. The fraction of sp³-hybridized carbons (Fsp3) is 0.588. The molecule has 0 spiro atoms. The highest BCUT2D eigenvalue weighted by molar-refractivity contribution is 5.79. The second kappa shape index (κ2) is 12.0. The highest BCUT2D eigenvalue weighted by Gasteiger charge is 2.10. The summed E-state index contributed by atoms with van der Waals surface area (Å²) in [4.78, 5) is 4.20. The maximum atomic E-state index is 9.55. The molecule has 0 aliphatic heterocycles. The van der Waals surface area contributed by atoms with E-state index in [0.29, 0.717) is 6.54 Å². The molecule has 124 valence electrons. The Bertz CT molecular complexity index is 410. The zero-order valence-electron chi connectivity index (χ0n) is 13.7. The summed E-state index contributed by atoms with van der Waals surface area (Å²) in [6.45, 7) is 5.22. The van der Waals surface area contributed by atoms with Gasteiger partial charge >= 0.3 is 0 Å². The zero-order chi connectivity index (χ0) is 16.0. The third-order valence-electron chi connectivity index (χ3n) is 3.44. The van der Waals surface area contributed by atoms with Gasteiger partial charge in [-0.25, -0.2) is 0 Å². The predicted molar refractivity (Wildman–Crippen MR) is 91.4 cm³/mol. The van der Waals surface area contributed by atoms with Gasteiger partial charge in [0.1, 0.15) is 0 Å². The summed E-state index contributed by atoms with van der Waals surface area (Å²) in [5, 5.41) is 16.1. The van der Waals surface area contributed by atoms with Crippen LogP contribution in [0.3, 0.4) is 0 Å². The fourth-order valence-corrected chi connectivity index (χ4v) is 2.13. The molecule has 22 heavy (non-hydrogen) atoms. The molecule has 0 radical (unpaired) electrons. The summed E-state index contributed by atoms with van der Waals surface area (Å²) in [7, 11) is 1.76. The number of nitrogens with zero attached hydrogens (tertiary/aromatic N) is 1. The van der Waals surface area contributed by atoms with Crippen LogP contribution in [0.4, 0.5) is 0 Å². The van der Waals surface area contributed by atoms with Crippen molar-refractivity contribution < 1.29 is 9.84 Å². The molecule has 0 fully saturated rings. The molecule has 5 nitrogen and oxygen atoms in total. The lowest BCUT2D eigenvalue weighted by atomic mass is 10.0. The van der Waals surface area contributed by atoms with Crippen molar-refractivity contribution in [1.29, 1.82) is 0 Å². The van der Waals surface area contributed by atoms with Gasteiger partial charge in [0, 0.05) is 39.3 Å². The number of unbranched alkanes of at least 4 members (excludes halogenated alkanes) is 1. The molecule has 1 unspecified atom stereocenters. The van der Waals surface area contributed by atoms with Crippen LogP contribution in [0.5, 0.6) is 0 Å². The number of benzene rings is 1. The van der Waals surface area contributed by atoms with Gasteiger partial charge in [-0.1, -0.05) is 30.3 Å². The summed E-state index contributed by atoms with van der Waals surface area (Å²) in [6.07, 6.45) is 2.09. The Morgan fingerprint density at radius 1 is 1.23 bits per heavy atom. The molecule has 1 atom stereocenters. The van der Waals surface area contributed by atoms with Crippen molar-refractivity contribution in [2.75, 3.05) is 40.0 Å². The van der Waals surface area contributed by atoms with E-state index in [9.17, 15) is 5.11 Å². The van der Waals surface area contributed by atoms with Crippen LogP contribution < -0.4 is 10.6 Å². The third kappa shape index (κ3) is 7.43. The van der Waals surface area contributed by atoms with Crippen molar-refractivity contribution in [2.45, 2.75) is 25.7 Å². The Kier molecular flexibility index (Phi) is 10.1. The number of aliphatic hydroxyl groups is 1. The van der Waals surface area contributed by atoms with E-state index in [1.165, 1.54) is 0 Å². The number of rotatable bonds is 10. The van der Waals surface area contributed by atoms with Crippen LogP contribution in [0, 0.1) is 0 Å². The van der Waals surface area contributed by atoms with Crippen LogP contribution in [0.2, 0.25) is 0 Å². The summed E-state index contributed by atoms with van der Waals surface area (Å²) >= 11 is 0. The van der Waals surface area contributed by atoms with E-state index in [1.54, 1.807) is 7.05 Å². The van der Waals surface area contributed by atoms with Gasteiger partial charge in [-0.15, -0.1) is 0 Å². The molecule has 0 bridgehead atoms. The zero-order valence-corrected chi connectivity index (χ0v) is 13.7. The van der Waals surface area contributed by atoms with Crippen molar-refractivity contribution in [3.05, 3.63) is 35.9 Å². The number of hydrogen-bond donors (Lipinski definition) is 3. The standard InChI is InChI=1S/C17H29N3O2/c1-3-22-12-8-7-11-19-17(18-2)20-13-16(14-21)15-9-5-4-6-10-15/h4-6,9-10,16,21H,3,7-8,11-14H2,1-2H3,(H2,18,19,20). The van der Waals surface area contributed by atoms with E-state index in [0.717, 1.165) is 44.1 Å². The van der Waals surface area contributed by atoms with E-state index in [2.05, 4.69) is 15.6 Å². The molecule has 1 rings (SSSR count). The second-order valence-electron chi connectivity index (χ2n) is 5.07. The van der Waals surface area contributed by atoms with Crippen LogP contribution in [0.25, 0.3) is 0 Å². The van der Waals surface area contributed by atoms with E-state index >= 15 is 0 Å². The molecule has 0 aromatic heterocycles. The van der Waals surface area contributed by atoms with E-state index in [1.807, 2.05) is 37.3 Å². The van der Waals surface area contributed by atoms with Gasteiger partial charge < -0.3 is 20.5 Å². The van der Waals surface area contributed by atoms with Gasteiger partial charge in [0.15, 0.2) is 5.96 Å². The van der Waals surface area contributed by atoms with Crippen molar-refractivity contribution in [2.24, 2.45) is 4.99 Å². The first-order chi connectivity index (χ1) is 10.8. The lowest BCUT2D eigenvalue weighted by Gasteiger charge is -2.18. The van der Waals surface area contributed by atoms with Gasteiger partial charge in [0.2, 0.25) is 0 Å². The Morgan fingerprint density at radius 2 is 2.00 bits per heavy atom. The van der Waals surface area contributed by atoms with Crippen LogP contribution in [0.1, 0.15) is 31.2 Å². The molecule has 0 heterocycles. The van der Waals surface area contributed by atoms with Gasteiger partial charge in [-0.3, -0.25) is 4.99 Å². The Hall–Kier alpha value is -1.59. The molecular formula is C17H29N3O2. The average Bonchev–Trinajstić information content (AvgIpc) is 2.57. The number of guanidine groups is 1. The topological polar surface area (TPSA) is 65.9 Å². The number of hydrogen-bond acceptors (Lipinski definition) is 3. The van der Waals surface area contributed by atoms with Crippen molar-refractivity contribution >= 4 is 5.96 Å². The van der Waals surface area contributed by atoms with Crippen molar-refractivity contribution in [3.8, 4) is 0 Å². The summed E-state index contributed by atoms with van der Waals surface area (Å²) in [6, 6.07) is 10.0. The summed E-state index contributed by atoms with van der Waals surface area (Å²) < 4.78 is 5.31. The lowest BCUT2D eigenvalue weighted by molar-refractivity contribution is 0.143. The van der Waals surface area contributed by atoms with E-state index in [4.69, 9.17) is 4.74 Å². The summed E-state index contributed by atoms with van der Waals surface area (Å²) in [5.41, 5.74) is 1.13. The number of nitrogens with one attached hydrogen (secondary N) is 2. The quantitative estimate of drug-likeness (QED) is 0.350. The maximum Gasteiger partial charge on any atom is 0.190 e. The van der Waals surface area contributed by atoms with Gasteiger partial charge in [-0.2, -0.15) is 0 Å². The molecular weight excluding hydrogens is 278 g/mol. The average molecular weight is 307 g/mol. The predicted octanol–water partition coefficient (Wildman–Crippen LogP) is 1.74. The first-order valence-corrected chi connectivity index (χ1v) is 7.99. The minimum atomic E-state index is 0.0673. The van der Waals surface area contributed by atoms with Gasteiger partial charge in [-0.05, 0) is 25.3 Å². The smallest absolute Gasteiger partial charge is 0.190 e. The fourth-order valence-electron chi connectivity index (χ4n) is 2.13. The van der Waals surface area contributed by atoms with Crippen LogP contribution in [0.15, 0.2) is 35.3 Å². The minimum absolute atomic E-state index is 0.0673. The molecule has 3 N–H and O–H groups in total. The van der Waals surface area contributed by atoms with E-state index < -0.39 is 0 Å². The molecule has 1 aromatic carbocycles.